The summed E-state index contributed by atoms with van der Waals surface area (Å²) in [5.41, 5.74) is 10.7. The third-order valence-electron chi connectivity index (χ3n) is 2.90. The number of rotatable bonds is 6. The highest BCUT2D eigenvalue weighted by molar-refractivity contribution is 7.99. The zero-order chi connectivity index (χ0) is 14.3. The summed E-state index contributed by atoms with van der Waals surface area (Å²) in [7, 11) is 0. The Bertz CT molecular complexity index is 559. The van der Waals surface area contributed by atoms with E-state index in [1.54, 1.807) is 12.4 Å². The smallest absolute Gasteiger partial charge is 0.223 e. The normalized spacial score (nSPS) is 17.8. The lowest BCUT2D eigenvalue weighted by atomic mass is 10.3. The predicted octanol–water partition coefficient (Wildman–Crippen LogP) is 0.622. The molecule has 0 bridgehead atoms. The molecule has 0 radical (unpaired) electrons. The van der Waals surface area contributed by atoms with Gasteiger partial charge in [0.25, 0.3) is 0 Å². The summed E-state index contributed by atoms with van der Waals surface area (Å²) in [6, 6.07) is 7.64. The number of thioether (sulfide) groups is 1. The number of nitrogens with one attached hydrogen (secondary N) is 4. The van der Waals surface area contributed by atoms with Crippen LogP contribution in [0.25, 0.3) is 11.4 Å². The number of hydrogen-bond acceptors (Lipinski definition) is 8. The number of anilines is 1. The number of aromatic nitrogens is 3. The van der Waals surface area contributed by atoms with E-state index in [0.717, 1.165) is 30.2 Å². The van der Waals surface area contributed by atoms with Crippen LogP contribution in [0.4, 0.5) is 5.95 Å². The highest BCUT2D eigenvalue weighted by Gasteiger charge is 2.12. The third kappa shape index (κ3) is 4.11. The summed E-state index contributed by atoms with van der Waals surface area (Å²) in [4.78, 5) is 13.0. The average molecular weight is 303 g/mol. The Morgan fingerprint density at radius 1 is 1.19 bits per heavy atom. The molecule has 8 heteroatoms. The standard InChI is InChI=1S/C13H17N7S/c1-2-5-14-10(3-1)11-4-6-15-13(18-11)16-7-8-21-12-9-17-20-19-12/h1-6,12,17,19-20H,7-9H2,(H,15,16,18). The Morgan fingerprint density at radius 2 is 2.19 bits per heavy atom. The molecule has 1 aliphatic rings. The zero-order valence-corrected chi connectivity index (χ0v) is 12.2. The topological polar surface area (TPSA) is 86.8 Å². The fourth-order valence-corrected chi connectivity index (χ4v) is 2.74. The molecule has 2 aromatic rings. The van der Waals surface area contributed by atoms with Crippen LogP contribution in [-0.2, 0) is 0 Å². The fraction of sp³-hybridized carbons (Fsp3) is 0.308. The Labute approximate surface area is 127 Å². The first-order valence-corrected chi connectivity index (χ1v) is 7.80. The summed E-state index contributed by atoms with van der Waals surface area (Å²) in [5, 5.41) is 3.64. The van der Waals surface area contributed by atoms with E-state index in [-0.39, 0.29) is 0 Å². The summed E-state index contributed by atoms with van der Waals surface area (Å²) >= 11 is 1.84. The summed E-state index contributed by atoms with van der Waals surface area (Å²) in [5.74, 6) is 1.60. The van der Waals surface area contributed by atoms with Gasteiger partial charge < -0.3 is 5.32 Å². The van der Waals surface area contributed by atoms with Gasteiger partial charge in [-0.3, -0.25) is 4.98 Å². The second kappa shape index (κ2) is 7.32. The Hall–Kier alpha value is -1.74. The van der Waals surface area contributed by atoms with E-state index < -0.39 is 0 Å². The van der Waals surface area contributed by atoms with Crippen molar-refractivity contribution in [2.45, 2.75) is 5.37 Å². The molecule has 1 saturated heterocycles. The lowest BCUT2D eigenvalue weighted by Gasteiger charge is -2.09. The summed E-state index contributed by atoms with van der Waals surface area (Å²) < 4.78 is 0. The lowest BCUT2D eigenvalue weighted by molar-refractivity contribution is 0.587. The lowest BCUT2D eigenvalue weighted by Crippen LogP contribution is -2.32. The molecule has 1 aliphatic heterocycles. The van der Waals surface area contributed by atoms with Crippen LogP contribution in [0.5, 0.6) is 0 Å². The van der Waals surface area contributed by atoms with Crippen molar-refractivity contribution in [1.82, 2.24) is 31.3 Å². The molecule has 7 nitrogen and oxygen atoms in total. The van der Waals surface area contributed by atoms with E-state index in [4.69, 9.17) is 0 Å². The van der Waals surface area contributed by atoms with E-state index in [1.807, 2.05) is 36.0 Å². The van der Waals surface area contributed by atoms with Crippen LogP contribution in [-0.4, -0.2) is 39.2 Å². The van der Waals surface area contributed by atoms with Crippen LogP contribution < -0.4 is 21.7 Å². The quantitative estimate of drug-likeness (QED) is 0.578. The van der Waals surface area contributed by atoms with Crippen molar-refractivity contribution >= 4 is 17.7 Å². The molecule has 0 aromatic carbocycles. The van der Waals surface area contributed by atoms with Gasteiger partial charge in [-0.15, -0.1) is 11.8 Å². The molecule has 0 saturated carbocycles. The first-order chi connectivity index (χ1) is 10.4. The Morgan fingerprint density at radius 3 is 3.00 bits per heavy atom. The van der Waals surface area contributed by atoms with E-state index in [0.29, 0.717) is 11.3 Å². The molecule has 21 heavy (non-hydrogen) atoms. The average Bonchev–Trinajstić information content (AvgIpc) is 3.06. The van der Waals surface area contributed by atoms with Crippen molar-refractivity contribution in [2.24, 2.45) is 0 Å². The number of hydrogen-bond donors (Lipinski definition) is 4. The maximum Gasteiger partial charge on any atom is 0.223 e. The van der Waals surface area contributed by atoms with E-state index >= 15 is 0 Å². The first kappa shape index (κ1) is 14.2. The SMILES string of the molecule is c1ccc(-c2ccnc(NCCSC3CNNN3)n2)nc1. The van der Waals surface area contributed by atoms with Crippen LogP contribution in [0.1, 0.15) is 0 Å². The van der Waals surface area contributed by atoms with Gasteiger partial charge in [-0.05, 0) is 18.2 Å². The maximum atomic E-state index is 4.48. The minimum absolute atomic E-state index is 0.396. The third-order valence-corrected chi connectivity index (χ3v) is 4.02. The molecule has 1 atom stereocenters. The number of pyridine rings is 1. The van der Waals surface area contributed by atoms with Crippen LogP contribution in [0.15, 0.2) is 36.7 Å². The largest absolute Gasteiger partial charge is 0.353 e. The Balaban J connectivity index is 1.51. The molecule has 3 heterocycles. The molecule has 0 amide bonds. The maximum absolute atomic E-state index is 4.48. The van der Waals surface area contributed by atoms with Crippen molar-refractivity contribution in [3.05, 3.63) is 36.7 Å². The van der Waals surface area contributed by atoms with Crippen LogP contribution >= 0.6 is 11.8 Å². The van der Waals surface area contributed by atoms with Crippen LogP contribution in [0.2, 0.25) is 0 Å². The highest BCUT2D eigenvalue weighted by Crippen LogP contribution is 2.14. The summed E-state index contributed by atoms with van der Waals surface area (Å²) in [6.07, 6.45) is 3.51. The molecule has 1 unspecified atom stereocenters. The van der Waals surface area contributed by atoms with Gasteiger partial charge in [0.1, 0.15) is 0 Å². The van der Waals surface area contributed by atoms with Gasteiger partial charge in [-0.25, -0.2) is 20.8 Å². The van der Waals surface area contributed by atoms with Gasteiger partial charge in [-0.1, -0.05) is 6.07 Å². The second-order valence-corrected chi connectivity index (χ2v) is 5.73. The minimum atomic E-state index is 0.396. The minimum Gasteiger partial charge on any atom is -0.353 e. The van der Waals surface area contributed by atoms with Gasteiger partial charge in [-0.2, -0.15) is 5.53 Å². The molecule has 110 valence electrons. The molecule has 3 rings (SSSR count). The fourth-order valence-electron chi connectivity index (χ4n) is 1.89. The second-order valence-electron chi connectivity index (χ2n) is 4.42. The van der Waals surface area contributed by atoms with Gasteiger partial charge in [0.2, 0.25) is 5.95 Å². The van der Waals surface area contributed by atoms with E-state index in [1.165, 1.54) is 0 Å². The van der Waals surface area contributed by atoms with Crippen LogP contribution in [0, 0.1) is 0 Å². The summed E-state index contributed by atoms with van der Waals surface area (Å²) in [6.45, 7) is 1.73. The van der Waals surface area contributed by atoms with Crippen molar-refractivity contribution in [2.75, 3.05) is 24.2 Å². The van der Waals surface area contributed by atoms with Gasteiger partial charge in [0.15, 0.2) is 0 Å². The zero-order valence-electron chi connectivity index (χ0n) is 11.4. The van der Waals surface area contributed by atoms with Crippen molar-refractivity contribution < 1.29 is 0 Å². The van der Waals surface area contributed by atoms with Crippen LogP contribution in [0.3, 0.4) is 0 Å². The monoisotopic (exact) mass is 303 g/mol. The van der Waals surface area contributed by atoms with E-state index in [9.17, 15) is 0 Å². The van der Waals surface area contributed by atoms with Crippen molar-refractivity contribution in [3.8, 4) is 11.4 Å². The molecular formula is C13H17N7S. The van der Waals surface area contributed by atoms with E-state index in [2.05, 4.69) is 36.7 Å². The molecule has 0 spiro atoms. The molecule has 0 aliphatic carbocycles. The Kier molecular flexibility index (Phi) is 4.95. The first-order valence-electron chi connectivity index (χ1n) is 6.75. The molecule has 2 aromatic heterocycles. The van der Waals surface area contributed by atoms with Gasteiger partial charge in [0.05, 0.1) is 16.8 Å². The molecule has 1 fully saturated rings. The molecular weight excluding hydrogens is 286 g/mol. The molecule has 4 N–H and O–H groups in total. The number of hydrazine groups is 2. The highest BCUT2D eigenvalue weighted by atomic mass is 32.2. The van der Waals surface area contributed by atoms with Gasteiger partial charge >= 0.3 is 0 Å². The van der Waals surface area contributed by atoms with Crippen molar-refractivity contribution in [1.29, 1.82) is 0 Å². The van der Waals surface area contributed by atoms with Gasteiger partial charge in [0, 0.05) is 31.2 Å². The predicted molar refractivity (Wildman–Crippen MR) is 84.3 cm³/mol. The van der Waals surface area contributed by atoms with Crippen molar-refractivity contribution in [3.63, 3.8) is 0 Å². The number of nitrogens with zero attached hydrogens (tertiary/aromatic N) is 3.